The van der Waals surface area contributed by atoms with Gasteiger partial charge in [-0.1, -0.05) is 17.8 Å². The maximum Gasteiger partial charge on any atom is 0.251 e. The van der Waals surface area contributed by atoms with Gasteiger partial charge in [-0.3, -0.25) is 9.59 Å². The largest absolute Gasteiger partial charge is 0.490 e. The summed E-state index contributed by atoms with van der Waals surface area (Å²) in [4.78, 5) is 30.4. The molecule has 2 N–H and O–H groups in total. The lowest BCUT2D eigenvalue weighted by atomic mass is 10.1. The van der Waals surface area contributed by atoms with Crippen molar-refractivity contribution in [1.29, 1.82) is 0 Å². The second-order valence-corrected chi connectivity index (χ2v) is 6.99. The third-order valence-electron chi connectivity index (χ3n) is 3.84. The van der Waals surface area contributed by atoms with E-state index in [0.29, 0.717) is 29.8 Å². The van der Waals surface area contributed by atoms with Crippen molar-refractivity contribution in [1.82, 2.24) is 15.3 Å². The number of fused-ring (bicyclic) bond motifs is 1. The van der Waals surface area contributed by atoms with Crippen molar-refractivity contribution >= 4 is 17.7 Å². The number of hydrogen-bond donors (Lipinski definition) is 2. The lowest BCUT2D eigenvalue weighted by molar-refractivity contribution is -0.119. The molecule has 26 heavy (non-hydrogen) atoms. The quantitative estimate of drug-likeness (QED) is 0.615. The lowest BCUT2D eigenvalue weighted by Crippen LogP contribution is -2.28. The minimum atomic E-state index is -0.221. The normalized spacial score (nSPS) is 14.4. The Morgan fingerprint density at radius 3 is 2.85 bits per heavy atom. The van der Waals surface area contributed by atoms with E-state index in [1.807, 2.05) is 25.1 Å². The van der Waals surface area contributed by atoms with Crippen LogP contribution in [0.25, 0.3) is 0 Å². The van der Waals surface area contributed by atoms with E-state index < -0.39 is 0 Å². The molecule has 0 spiro atoms. The number of H-pyrrole nitrogens is 1. The number of aryl methyl sites for hydroxylation is 1. The Morgan fingerprint density at radius 1 is 1.31 bits per heavy atom. The summed E-state index contributed by atoms with van der Waals surface area (Å²) in [6.45, 7) is 4.92. The summed E-state index contributed by atoms with van der Waals surface area (Å²) in [5.74, 6) is 1.46. The van der Waals surface area contributed by atoms with E-state index in [0.717, 1.165) is 17.7 Å². The molecule has 1 atom stereocenters. The number of aromatic nitrogens is 2. The van der Waals surface area contributed by atoms with Crippen LogP contribution in [0.5, 0.6) is 11.5 Å². The van der Waals surface area contributed by atoms with Crippen molar-refractivity contribution in [2.75, 3.05) is 19.0 Å². The van der Waals surface area contributed by atoms with Crippen molar-refractivity contribution < 1.29 is 14.3 Å². The Balaban J connectivity index is 1.58. The Labute approximate surface area is 155 Å². The number of aromatic amines is 1. The number of hydrogen-bond acceptors (Lipinski definition) is 6. The molecule has 138 valence electrons. The second-order valence-electron chi connectivity index (χ2n) is 6.03. The number of rotatable bonds is 5. The fourth-order valence-corrected chi connectivity index (χ4v) is 3.30. The number of thioether (sulfide) groups is 1. The topological polar surface area (TPSA) is 93.3 Å². The molecule has 1 aromatic heterocycles. The Bertz CT molecular complexity index is 853. The van der Waals surface area contributed by atoms with Gasteiger partial charge in [-0.05, 0) is 31.5 Å². The molecule has 0 unspecified atom stereocenters. The van der Waals surface area contributed by atoms with E-state index in [1.54, 1.807) is 6.92 Å². The molecule has 3 rings (SSSR count). The molecule has 2 aromatic rings. The van der Waals surface area contributed by atoms with Crippen molar-refractivity contribution in [3.8, 4) is 11.5 Å². The van der Waals surface area contributed by atoms with Gasteiger partial charge in [0, 0.05) is 18.2 Å². The van der Waals surface area contributed by atoms with Gasteiger partial charge in [0.15, 0.2) is 16.7 Å². The predicted molar refractivity (Wildman–Crippen MR) is 98.9 cm³/mol. The Kier molecular flexibility index (Phi) is 5.82. The fraction of sp³-hybridized carbons (Fsp3) is 0.389. The molecule has 0 saturated heterocycles. The van der Waals surface area contributed by atoms with E-state index in [2.05, 4.69) is 15.3 Å². The zero-order valence-electron chi connectivity index (χ0n) is 14.7. The number of amides is 1. The van der Waals surface area contributed by atoms with Crippen LogP contribution >= 0.6 is 11.8 Å². The standard InChI is InChI=1S/C18H21N3O4S/c1-11-8-16(22)21-18(19-11)26-10-17(23)20-12(2)13-4-5-14-15(9-13)25-7-3-6-24-14/h4-5,8-9,12H,3,6-7,10H2,1-2H3,(H,20,23)(H,19,21,22)/t12-/m1/s1. The number of nitrogens with zero attached hydrogens (tertiary/aromatic N) is 1. The van der Waals surface area contributed by atoms with Gasteiger partial charge in [0.1, 0.15) is 0 Å². The summed E-state index contributed by atoms with van der Waals surface area (Å²) >= 11 is 1.20. The minimum Gasteiger partial charge on any atom is -0.490 e. The van der Waals surface area contributed by atoms with Crippen LogP contribution in [0, 0.1) is 6.92 Å². The van der Waals surface area contributed by atoms with Crippen molar-refractivity contribution in [3.63, 3.8) is 0 Å². The van der Waals surface area contributed by atoms with E-state index >= 15 is 0 Å². The third kappa shape index (κ3) is 4.78. The molecule has 2 heterocycles. The van der Waals surface area contributed by atoms with Crippen LogP contribution in [-0.4, -0.2) is 34.8 Å². The zero-order valence-corrected chi connectivity index (χ0v) is 15.5. The molecular weight excluding hydrogens is 354 g/mol. The monoisotopic (exact) mass is 375 g/mol. The Hall–Kier alpha value is -2.48. The van der Waals surface area contributed by atoms with Crippen LogP contribution < -0.4 is 20.3 Å². The first-order valence-electron chi connectivity index (χ1n) is 8.41. The fourth-order valence-electron chi connectivity index (χ4n) is 2.57. The summed E-state index contributed by atoms with van der Waals surface area (Å²) in [6, 6.07) is 6.93. The molecule has 0 aliphatic carbocycles. The molecule has 0 fully saturated rings. The summed E-state index contributed by atoms with van der Waals surface area (Å²) in [5, 5.41) is 3.38. The average molecular weight is 375 g/mol. The highest BCUT2D eigenvalue weighted by atomic mass is 32.2. The van der Waals surface area contributed by atoms with Gasteiger partial charge >= 0.3 is 0 Å². The summed E-state index contributed by atoms with van der Waals surface area (Å²) in [6.07, 6.45) is 0.850. The van der Waals surface area contributed by atoms with Crippen molar-refractivity contribution in [2.45, 2.75) is 31.5 Å². The van der Waals surface area contributed by atoms with E-state index in [1.165, 1.54) is 17.8 Å². The second kappa shape index (κ2) is 8.27. The van der Waals surface area contributed by atoms with Gasteiger partial charge < -0.3 is 19.8 Å². The molecule has 1 aliphatic heterocycles. The number of nitrogens with one attached hydrogen (secondary N) is 2. The number of carbonyl (C=O) groups excluding carboxylic acids is 1. The average Bonchev–Trinajstić information content (AvgIpc) is 2.83. The van der Waals surface area contributed by atoms with Crippen molar-refractivity contribution in [2.24, 2.45) is 0 Å². The Morgan fingerprint density at radius 2 is 2.08 bits per heavy atom. The smallest absolute Gasteiger partial charge is 0.251 e. The summed E-state index contributed by atoms with van der Waals surface area (Å²) in [7, 11) is 0. The molecule has 1 amide bonds. The summed E-state index contributed by atoms with van der Waals surface area (Å²) < 4.78 is 11.3. The van der Waals surface area contributed by atoms with Crippen LogP contribution in [0.2, 0.25) is 0 Å². The maximum absolute atomic E-state index is 12.2. The van der Waals surface area contributed by atoms with Crippen LogP contribution in [-0.2, 0) is 4.79 Å². The first-order valence-corrected chi connectivity index (χ1v) is 9.39. The third-order valence-corrected chi connectivity index (χ3v) is 4.71. The van der Waals surface area contributed by atoms with E-state index in [9.17, 15) is 9.59 Å². The highest BCUT2D eigenvalue weighted by molar-refractivity contribution is 7.99. The molecule has 1 aromatic carbocycles. The highest BCUT2D eigenvalue weighted by Gasteiger charge is 2.15. The van der Waals surface area contributed by atoms with Gasteiger partial charge in [0.2, 0.25) is 5.91 Å². The van der Waals surface area contributed by atoms with Gasteiger partial charge in [-0.25, -0.2) is 4.98 Å². The lowest BCUT2D eigenvalue weighted by Gasteiger charge is -2.16. The molecule has 8 heteroatoms. The number of benzene rings is 1. The zero-order chi connectivity index (χ0) is 18.5. The highest BCUT2D eigenvalue weighted by Crippen LogP contribution is 2.32. The van der Waals surface area contributed by atoms with Gasteiger partial charge in [0.05, 0.1) is 25.0 Å². The van der Waals surface area contributed by atoms with Crippen LogP contribution in [0.4, 0.5) is 0 Å². The van der Waals surface area contributed by atoms with E-state index in [4.69, 9.17) is 9.47 Å². The number of ether oxygens (including phenoxy) is 2. The number of carbonyl (C=O) groups is 1. The molecule has 0 radical (unpaired) electrons. The van der Waals surface area contributed by atoms with Gasteiger partial charge in [0.25, 0.3) is 5.56 Å². The molecular formula is C18H21N3O4S. The predicted octanol–water partition coefficient (Wildman–Crippen LogP) is 2.21. The first kappa shape index (κ1) is 18.3. The van der Waals surface area contributed by atoms with Crippen LogP contribution in [0.1, 0.15) is 30.6 Å². The summed E-state index contributed by atoms with van der Waals surface area (Å²) in [5.41, 5.74) is 1.34. The van der Waals surface area contributed by atoms with Gasteiger partial charge in [-0.15, -0.1) is 0 Å². The molecule has 1 aliphatic rings. The van der Waals surface area contributed by atoms with E-state index in [-0.39, 0.29) is 23.3 Å². The van der Waals surface area contributed by atoms with Crippen LogP contribution in [0.15, 0.2) is 34.2 Å². The first-order chi connectivity index (χ1) is 12.5. The molecule has 0 bridgehead atoms. The SMILES string of the molecule is Cc1cc(=O)[nH]c(SCC(=O)N[C@H](C)c2ccc3c(c2)OCCCO3)n1. The molecule has 0 saturated carbocycles. The molecule has 7 nitrogen and oxygen atoms in total. The van der Waals surface area contributed by atoms with Crippen molar-refractivity contribution in [3.05, 3.63) is 45.9 Å². The maximum atomic E-state index is 12.2. The van der Waals surface area contributed by atoms with Gasteiger partial charge in [-0.2, -0.15) is 0 Å². The van der Waals surface area contributed by atoms with Crippen LogP contribution in [0.3, 0.4) is 0 Å². The minimum absolute atomic E-state index is 0.140.